The van der Waals surface area contributed by atoms with Crippen molar-refractivity contribution in [2.24, 2.45) is 5.16 Å². The topological polar surface area (TPSA) is 314 Å². The van der Waals surface area contributed by atoms with Crippen LogP contribution in [0, 0.1) is 0 Å². The minimum Gasteiger partial charge on any atom is -0.477 e. The van der Waals surface area contributed by atoms with Crippen LogP contribution in [0.5, 0.6) is 0 Å². The number of thioether (sulfide) groups is 1. The number of anilines is 1. The fourth-order valence-corrected chi connectivity index (χ4v) is 4.51. The Kier molecular flexibility index (Phi) is 10.9. The number of phosphoric acid groups is 2. The molecule has 1 saturated heterocycles. The van der Waals surface area contributed by atoms with E-state index in [1.54, 1.807) is 0 Å². The normalized spacial score (nSPS) is 19.6. The number of hydrogen-bond acceptors (Lipinski definition) is 11. The van der Waals surface area contributed by atoms with Gasteiger partial charge in [-0.1, -0.05) is 17.8 Å². The van der Waals surface area contributed by atoms with Crippen LogP contribution in [0.25, 0.3) is 0 Å². The maximum atomic E-state index is 12.4. The average molecular weight is 591 g/mol. The van der Waals surface area contributed by atoms with E-state index >= 15 is 0 Å². The van der Waals surface area contributed by atoms with Gasteiger partial charge >= 0.3 is 21.6 Å². The zero-order valence-corrected chi connectivity index (χ0v) is 20.9. The number of carboxylic acids is 1. The Balaban J connectivity index is 0.000000550. The summed E-state index contributed by atoms with van der Waals surface area (Å²) in [4.78, 5) is 84.3. The number of aromatic nitrogens is 1. The largest absolute Gasteiger partial charge is 0.477 e. The molecule has 0 aliphatic carbocycles. The summed E-state index contributed by atoms with van der Waals surface area (Å²) in [7, 11) is -9.28. The zero-order valence-electron chi connectivity index (χ0n) is 17.5. The molecule has 0 saturated carbocycles. The van der Waals surface area contributed by atoms with Crippen molar-refractivity contribution in [3.05, 3.63) is 35.0 Å². The second-order valence-electron chi connectivity index (χ2n) is 6.29. The van der Waals surface area contributed by atoms with Gasteiger partial charge in [0.05, 0.1) is 0 Å². The number of nitrogens with two attached hydrogens (primary N) is 1. The Bertz CT molecular complexity index is 1150. The molecule has 2 atom stereocenters. The molecule has 0 unspecified atom stereocenters. The van der Waals surface area contributed by atoms with E-state index in [1.165, 1.54) is 23.2 Å². The van der Waals surface area contributed by atoms with Crippen LogP contribution in [-0.4, -0.2) is 90.2 Å². The zero-order chi connectivity index (χ0) is 28.0. The van der Waals surface area contributed by atoms with Gasteiger partial charge in [0.2, 0.25) is 0 Å². The van der Waals surface area contributed by atoms with Crippen LogP contribution >= 0.6 is 38.7 Å². The van der Waals surface area contributed by atoms with Crippen LogP contribution in [0.2, 0.25) is 0 Å². The van der Waals surface area contributed by atoms with E-state index < -0.39 is 44.8 Å². The van der Waals surface area contributed by atoms with E-state index in [9.17, 15) is 19.5 Å². The molecule has 18 nitrogen and oxygen atoms in total. The summed E-state index contributed by atoms with van der Waals surface area (Å²) in [5.41, 5.74) is 5.49. The molecule has 0 radical (unpaired) electrons. The number of oxime groups is 1. The molecule has 3 rings (SSSR count). The van der Waals surface area contributed by atoms with Gasteiger partial charge < -0.3 is 50.7 Å². The van der Waals surface area contributed by atoms with Gasteiger partial charge in [-0.2, -0.15) is 0 Å². The number of hydrogen-bond donors (Lipinski definition) is 10. The highest BCUT2D eigenvalue weighted by atomic mass is 32.2. The van der Waals surface area contributed by atoms with Gasteiger partial charge in [-0.3, -0.25) is 14.5 Å². The van der Waals surface area contributed by atoms with E-state index in [0.29, 0.717) is 11.3 Å². The molecule has 1 aromatic heterocycles. The van der Waals surface area contributed by atoms with E-state index in [1.807, 2.05) is 0 Å². The molecule has 0 bridgehead atoms. The number of amides is 2. The molecular weight excluding hydrogens is 572 g/mol. The maximum Gasteiger partial charge on any atom is 0.466 e. The number of allylic oxidation sites excluding steroid dienone is 1. The van der Waals surface area contributed by atoms with Gasteiger partial charge in [0, 0.05) is 11.1 Å². The number of carbonyl (C=O) groups excluding carboxylic acids is 2. The van der Waals surface area contributed by atoms with Gasteiger partial charge in [-0.05, 0) is 5.57 Å². The minimum absolute atomic E-state index is 0.0764. The van der Waals surface area contributed by atoms with Crippen LogP contribution in [-0.2, 0) is 23.5 Å². The predicted octanol–water partition coefficient (Wildman–Crippen LogP) is -2.03. The Morgan fingerprint density at radius 1 is 1.22 bits per heavy atom. The first kappa shape index (κ1) is 31.4. The third kappa shape index (κ3) is 9.43. The Hall–Kier alpha value is -2.64. The van der Waals surface area contributed by atoms with Crippen molar-refractivity contribution in [1.29, 1.82) is 0 Å². The molecule has 22 heteroatoms. The standard InChI is InChI=1S/C14H13N5O5S2.2H3O4P/c1-2-5-3-25-12-8(11(21)19(12)9(5)13(22)23)17-10(20)7(18-24)6-4-26-14(15)16-6;2*1-5(2,3)4/h2,4,8,12,24H,1,3H2,(H2,15,16)(H,17,20)(H,22,23);2*(H3,1,2,3,4)/b18-7-;;/t8-,12-;;/m1../s1. The third-order valence-corrected chi connectivity index (χ3v) is 5.79. The summed E-state index contributed by atoms with van der Waals surface area (Å²) < 4.78 is 17.8. The second-order valence-corrected chi connectivity index (χ2v) is 10.3. The number of thiazole rings is 1. The lowest BCUT2D eigenvalue weighted by Gasteiger charge is -2.49. The number of aliphatic carboxylic acids is 1. The van der Waals surface area contributed by atoms with Crippen molar-refractivity contribution < 1.29 is 63.2 Å². The average Bonchev–Trinajstić information content (AvgIpc) is 3.14. The molecule has 200 valence electrons. The van der Waals surface area contributed by atoms with E-state index in [4.69, 9.17) is 49.4 Å². The first-order chi connectivity index (χ1) is 16.4. The fraction of sp³-hybridized carbons (Fsp3) is 0.214. The first-order valence-electron chi connectivity index (χ1n) is 8.73. The smallest absolute Gasteiger partial charge is 0.466 e. The van der Waals surface area contributed by atoms with Gasteiger partial charge in [-0.15, -0.1) is 23.1 Å². The lowest BCUT2D eigenvalue weighted by molar-refractivity contribution is -0.150. The lowest BCUT2D eigenvalue weighted by Crippen LogP contribution is -2.71. The Labute approximate surface area is 208 Å². The summed E-state index contributed by atoms with van der Waals surface area (Å²) in [5.74, 6) is -2.27. The van der Waals surface area contributed by atoms with Crippen LogP contribution in [0.15, 0.2) is 34.5 Å². The van der Waals surface area contributed by atoms with Crippen LogP contribution in [0.4, 0.5) is 5.13 Å². The molecule has 2 aliphatic rings. The van der Waals surface area contributed by atoms with Crippen molar-refractivity contribution in [3.8, 4) is 0 Å². The molecule has 0 aromatic carbocycles. The monoisotopic (exact) mass is 591 g/mol. The molecule has 2 aliphatic heterocycles. The Morgan fingerprint density at radius 2 is 1.75 bits per heavy atom. The lowest BCUT2D eigenvalue weighted by atomic mass is 10.0. The summed E-state index contributed by atoms with van der Waals surface area (Å²) in [6.07, 6.45) is 1.40. The number of nitrogens with one attached hydrogen (secondary N) is 1. The number of carboxylic acid groups (broad SMARTS) is 1. The number of fused-ring (bicyclic) bond motifs is 1. The summed E-state index contributed by atoms with van der Waals surface area (Å²) in [6, 6.07) is -0.944. The van der Waals surface area contributed by atoms with Crippen molar-refractivity contribution >= 4 is 67.4 Å². The maximum absolute atomic E-state index is 12.4. The summed E-state index contributed by atoms with van der Waals surface area (Å²) >= 11 is 2.37. The van der Waals surface area contributed by atoms with Crippen molar-refractivity contribution in [2.45, 2.75) is 11.4 Å². The third-order valence-electron chi connectivity index (χ3n) is 3.81. The minimum atomic E-state index is -4.64. The van der Waals surface area contributed by atoms with Crippen LogP contribution < -0.4 is 11.1 Å². The molecule has 36 heavy (non-hydrogen) atoms. The number of nitrogens with zero attached hydrogens (tertiary/aromatic N) is 3. The van der Waals surface area contributed by atoms with Crippen molar-refractivity contribution in [2.75, 3.05) is 11.5 Å². The van der Waals surface area contributed by atoms with Crippen molar-refractivity contribution in [3.63, 3.8) is 0 Å². The molecule has 2 amide bonds. The van der Waals surface area contributed by atoms with Crippen molar-refractivity contribution in [1.82, 2.24) is 15.2 Å². The fourth-order valence-electron chi connectivity index (χ4n) is 2.62. The number of carbonyl (C=O) groups is 3. The van der Waals surface area contributed by atoms with Crippen LogP contribution in [0.1, 0.15) is 5.69 Å². The predicted molar refractivity (Wildman–Crippen MR) is 123 cm³/mol. The number of nitrogen functional groups attached to an aromatic ring is 1. The van der Waals surface area contributed by atoms with Gasteiger partial charge in [0.25, 0.3) is 11.8 Å². The molecule has 3 heterocycles. The van der Waals surface area contributed by atoms with Gasteiger partial charge in [0.1, 0.15) is 22.8 Å². The summed E-state index contributed by atoms with van der Waals surface area (Å²) in [6.45, 7) is 3.56. The number of rotatable bonds is 5. The van der Waals surface area contributed by atoms with Gasteiger partial charge in [-0.25, -0.2) is 18.9 Å². The SMILES string of the molecule is C=CC1=C(C(=O)O)N2C(=O)[C@@H](NC(=O)/C(=N\O)c3csc(N)n3)[C@H]2SC1.O=P(O)(O)O.O=P(O)(O)O. The summed E-state index contributed by atoms with van der Waals surface area (Å²) in [5, 5.41) is 24.9. The highest BCUT2D eigenvalue weighted by Gasteiger charge is 2.54. The first-order valence-corrected chi connectivity index (χ1v) is 13.8. The molecule has 1 aromatic rings. The highest BCUT2D eigenvalue weighted by Crippen LogP contribution is 2.40. The second kappa shape index (κ2) is 12.5. The number of β-lactam (4-membered cyclic amide) rings is 1. The van der Waals surface area contributed by atoms with E-state index in [-0.39, 0.29) is 22.2 Å². The molecular formula is C14H19N5O13P2S2. The Morgan fingerprint density at radius 3 is 2.14 bits per heavy atom. The molecule has 0 spiro atoms. The molecule has 11 N–H and O–H groups in total. The van der Waals surface area contributed by atoms with E-state index in [0.717, 1.165) is 16.2 Å². The quantitative estimate of drug-likeness (QED) is 0.0580. The van der Waals surface area contributed by atoms with E-state index in [2.05, 4.69) is 22.0 Å². The molecule has 1 fully saturated rings. The van der Waals surface area contributed by atoms with Gasteiger partial charge in [0.15, 0.2) is 10.8 Å². The highest BCUT2D eigenvalue weighted by molar-refractivity contribution is 8.00. The van der Waals surface area contributed by atoms with Crippen LogP contribution in [0.3, 0.4) is 0 Å².